The van der Waals surface area contributed by atoms with Gasteiger partial charge in [0.2, 0.25) is 6.35 Å². The van der Waals surface area contributed by atoms with Crippen LogP contribution in [0.2, 0.25) is 0 Å². The second-order valence-electron chi connectivity index (χ2n) is 9.38. The number of nitrogens with zero attached hydrogens (tertiary/aromatic N) is 4. The van der Waals surface area contributed by atoms with Crippen molar-refractivity contribution in [1.82, 2.24) is 14.7 Å². The molecule has 33 heavy (non-hydrogen) atoms. The molecule has 8 heteroatoms. The molecule has 7 nitrogen and oxygen atoms in total. The number of carbonyl (C=O) groups excluding carboxylic acids is 1. The predicted octanol–water partition coefficient (Wildman–Crippen LogP) is 4.31. The van der Waals surface area contributed by atoms with Crippen LogP contribution in [0.4, 0.5) is 5.82 Å². The van der Waals surface area contributed by atoms with E-state index in [-0.39, 0.29) is 11.3 Å². The van der Waals surface area contributed by atoms with Crippen molar-refractivity contribution in [1.29, 1.82) is 0 Å². The Balaban J connectivity index is 1.83. The molecule has 0 fully saturated rings. The summed E-state index contributed by atoms with van der Waals surface area (Å²) in [4.78, 5) is 17.6. The van der Waals surface area contributed by atoms with Gasteiger partial charge in [0.25, 0.3) is 5.91 Å². The second-order valence-corrected chi connectivity index (χ2v) is 10.4. The highest BCUT2D eigenvalue weighted by Gasteiger charge is 2.41. The highest BCUT2D eigenvalue weighted by Crippen LogP contribution is 2.40. The van der Waals surface area contributed by atoms with Crippen molar-refractivity contribution in [2.24, 2.45) is 5.41 Å². The first kappa shape index (κ1) is 23.2. The topological polar surface area (TPSA) is 70.8 Å². The standard InChI is InChI=1S/C25H30N4O3S/c1-25(2,3)16-28-21-20(22(30)27(4)24(28)31)23(33-19-9-7-6-8-10-19)29(26-21)15-17-11-13-18(32-5)14-12-17/h6-14,24,31H,15-16H2,1-5H3. The molecule has 2 heterocycles. The molecule has 0 saturated heterocycles. The maximum Gasteiger partial charge on any atom is 0.263 e. The number of benzene rings is 2. The van der Waals surface area contributed by atoms with Crippen molar-refractivity contribution in [2.75, 3.05) is 25.6 Å². The van der Waals surface area contributed by atoms with Crippen molar-refractivity contribution >= 4 is 23.5 Å². The zero-order valence-corrected chi connectivity index (χ0v) is 20.5. The van der Waals surface area contributed by atoms with Gasteiger partial charge in [-0.1, -0.05) is 62.9 Å². The molecule has 1 unspecified atom stereocenters. The lowest BCUT2D eigenvalue weighted by atomic mass is 9.95. The summed E-state index contributed by atoms with van der Waals surface area (Å²) in [6.45, 7) is 7.34. The lowest BCUT2D eigenvalue weighted by Gasteiger charge is -2.41. The molecule has 4 rings (SSSR count). The van der Waals surface area contributed by atoms with Gasteiger partial charge in [-0.25, -0.2) is 0 Å². The molecule has 1 atom stereocenters. The average Bonchev–Trinajstić information content (AvgIpc) is 3.13. The van der Waals surface area contributed by atoms with Gasteiger partial charge in [0.05, 0.1) is 13.7 Å². The van der Waals surface area contributed by atoms with E-state index in [9.17, 15) is 9.90 Å². The van der Waals surface area contributed by atoms with E-state index in [1.165, 1.54) is 16.7 Å². The number of aromatic nitrogens is 2. The van der Waals surface area contributed by atoms with Crippen molar-refractivity contribution < 1.29 is 14.6 Å². The van der Waals surface area contributed by atoms with Gasteiger partial charge in [0, 0.05) is 18.5 Å². The zero-order chi connectivity index (χ0) is 23.8. The largest absolute Gasteiger partial charge is 0.497 e. The first-order valence-electron chi connectivity index (χ1n) is 10.9. The molecular weight excluding hydrogens is 436 g/mol. The molecule has 1 aromatic heterocycles. The summed E-state index contributed by atoms with van der Waals surface area (Å²) in [5.74, 6) is 1.07. The van der Waals surface area contributed by atoms with Crippen LogP contribution in [0, 0.1) is 5.41 Å². The number of hydrogen-bond donors (Lipinski definition) is 1. The number of anilines is 1. The smallest absolute Gasteiger partial charge is 0.263 e. The maximum absolute atomic E-state index is 13.4. The minimum atomic E-state index is -1.07. The number of carbonyl (C=O) groups is 1. The molecule has 0 bridgehead atoms. The Hall–Kier alpha value is -2.97. The molecule has 2 aromatic carbocycles. The number of aliphatic hydroxyl groups is 1. The van der Waals surface area contributed by atoms with E-state index in [0.29, 0.717) is 24.5 Å². The van der Waals surface area contributed by atoms with Crippen molar-refractivity contribution in [3.8, 4) is 5.75 Å². The number of hydrogen-bond acceptors (Lipinski definition) is 6. The van der Waals surface area contributed by atoms with Crippen molar-refractivity contribution in [3.63, 3.8) is 0 Å². The van der Waals surface area contributed by atoms with Crippen molar-refractivity contribution in [2.45, 2.75) is 43.6 Å². The fraction of sp³-hybridized carbons (Fsp3) is 0.360. The summed E-state index contributed by atoms with van der Waals surface area (Å²) < 4.78 is 7.14. The van der Waals surface area contributed by atoms with Gasteiger partial charge < -0.3 is 14.7 Å². The third-order valence-electron chi connectivity index (χ3n) is 5.41. The summed E-state index contributed by atoms with van der Waals surface area (Å²) in [6.07, 6.45) is -1.07. The van der Waals surface area contributed by atoms with Gasteiger partial charge in [-0.05, 0) is 35.2 Å². The summed E-state index contributed by atoms with van der Waals surface area (Å²) >= 11 is 1.51. The molecular formula is C25H30N4O3S. The number of amides is 1. The highest BCUT2D eigenvalue weighted by atomic mass is 32.2. The van der Waals surface area contributed by atoms with E-state index in [2.05, 4.69) is 20.8 Å². The first-order valence-corrected chi connectivity index (χ1v) is 11.7. The molecule has 174 valence electrons. The average molecular weight is 467 g/mol. The zero-order valence-electron chi connectivity index (χ0n) is 19.6. The van der Waals surface area contributed by atoms with Crippen LogP contribution in [0.1, 0.15) is 36.7 Å². The predicted molar refractivity (Wildman–Crippen MR) is 130 cm³/mol. The van der Waals surface area contributed by atoms with Crippen LogP contribution in [0.25, 0.3) is 0 Å². The van der Waals surface area contributed by atoms with Crippen LogP contribution in [0.5, 0.6) is 5.75 Å². The normalized spacial score (nSPS) is 16.2. The van der Waals surface area contributed by atoms with E-state index >= 15 is 0 Å². The fourth-order valence-electron chi connectivity index (χ4n) is 3.80. The Kier molecular flexibility index (Phi) is 6.41. The van der Waals surface area contributed by atoms with E-state index in [0.717, 1.165) is 21.2 Å². The number of methoxy groups -OCH3 is 1. The first-order chi connectivity index (χ1) is 15.7. The van der Waals surface area contributed by atoms with Crippen LogP contribution in [-0.4, -0.2) is 52.7 Å². The quantitative estimate of drug-likeness (QED) is 0.584. The number of aliphatic hydroxyl groups excluding tert-OH is 1. The van der Waals surface area contributed by atoms with E-state index < -0.39 is 6.35 Å². The third kappa shape index (κ3) is 4.86. The molecule has 1 N–H and O–H groups in total. The van der Waals surface area contributed by atoms with Crippen LogP contribution in [-0.2, 0) is 6.54 Å². The molecule has 1 aliphatic heterocycles. The second kappa shape index (κ2) is 9.11. The van der Waals surface area contributed by atoms with Crippen LogP contribution < -0.4 is 9.64 Å². The number of ether oxygens (including phenoxy) is 1. The van der Waals surface area contributed by atoms with Gasteiger partial charge in [-0.2, -0.15) is 5.10 Å². The lowest BCUT2D eigenvalue weighted by Crippen LogP contribution is -2.55. The highest BCUT2D eigenvalue weighted by molar-refractivity contribution is 7.99. The molecule has 0 saturated carbocycles. The fourth-order valence-corrected chi connectivity index (χ4v) is 4.81. The van der Waals surface area contributed by atoms with Crippen LogP contribution in [0.15, 0.2) is 64.5 Å². The lowest BCUT2D eigenvalue weighted by molar-refractivity contribution is 0.00998. The Morgan fingerprint density at radius 1 is 1.09 bits per heavy atom. The van der Waals surface area contributed by atoms with Gasteiger partial charge in [0.1, 0.15) is 16.3 Å². The summed E-state index contributed by atoms with van der Waals surface area (Å²) in [5, 5.41) is 16.5. The molecule has 1 aliphatic rings. The summed E-state index contributed by atoms with van der Waals surface area (Å²) in [7, 11) is 3.27. The van der Waals surface area contributed by atoms with Gasteiger partial charge in [0.15, 0.2) is 5.82 Å². The van der Waals surface area contributed by atoms with E-state index in [1.54, 1.807) is 14.2 Å². The minimum absolute atomic E-state index is 0.105. The minimum Gasteiger partial charge on any atom is -0.497 e. The van der Waals surface area contributed by atoms with E-state index in [1.807, 2.05) is 64.2 Å². The SMILES string of the molecule is COc1ccc(Cn2nc3c(c2Sc2ccccc2)C(=O)N(C)C(O)N3CC(C)(C)C)cc1. The Bertz CT molecular complexity index is 1120. The Labute approximate surface area is 199 Å². The molecule has 0 radical (unpaired) electrons. The number of rotatable bonds is 6. The van der Waals surface area contributed by atoms with E-state index in [4.69, 9.17) is 9.84 Å². The number of fused-ring (bicyclic) bond motifs is 1. The van der Waals surface area contributed by atoms with Crippen molar-refractivity contribution in [3.05, 3.63) is 65.7 Å². The third-order valence-corrected chi connectivity index (χ3v) is 6.53. The Morgan fingerprint density at radius 2 is 1.76 bits per heavy atom. The molecule has 1 amide bonds. The van der Waals surface area contributed by atoms with Gasteiger partial charge in [-0.15, -0.1) is 0 Å². The van der Waals surface area contributed by atoms with Gasteiger partial charge in [-0.3, -0.25) is 14.4 Å². The monoisotopic (exact) mass is 466 g/mol. The molecule has 0 spiro atoms. The maximum atomic E-state index is 13.4. The Morgan fingerprint density at radius 3 is 2.36 bits per heavy atom. The molecule has 0 aliphatic carbocycles. The van der Waals surface area contributed by atoms with Crippen LogP contribution in [0.3, 0.4) is 0 Å². The summed E-state index contributed by atoms with van der Waals surface area (Å²) in [5.41, 5.74) is 1.45. The van der Waals surface area contributed by atoms with Crippen LogP contribution >= 0.6 is 11.8 Å². The molecule has 3 aromatic rings. The summed E-state index contributed by atoms with van der Waals surface area (Å²) in [6, 6.07) is 17.8. The van der Waals surface area contributed by atoms with Gasteiger partial charge >= 0.3 is 0 Å².